The van der Waals surface area contributed by atoms with Gasteiger partial charge in [0.1, 0.15) is 0 Å². The van der Waals surface area contributed by atoms with Crippen LogP contribution in [0.25, 0.3) is 0 Å². The summed E-state index contributed by atoms with van der Waals surface area (Å²) in [6, 6.07) is 7.40. The SMILES string of the molecule is CC(NC(N)=NCc1ccsc1)c1ccc(Cl)cc1Cl. The molecule has 1 atom stereocenters. The molecule has 2 aromatic rings. The summed E-state index contributed by atoms with van der Waals surface area (Å²) >= 11 is 13.7. The minimum Gasteiger partial charge on any atom is -0.370 e. The smallest absolute Gasteiger partial charge is 0.189 e. The molecule has 0 aliphatic heterocycles. The first kappa shape index (κ1) is 15.2. The first-order valence-electron chi connectivity index (χ1n) is 6.08. The van der Waals surface area contributed by atoms with Gasteiger partial charge in [-0.25, -0.2) is 4.99 Å². The lowest BCUT2D eigenvalue weighted by atomic mass is 10.1. The predicted molar refractivity (Wildman–Crippen MR) is 87.7 cm³/mol. The number of halogens is 2. The van der Waals surface area contributed by atoms with Gasteiger partial charge in [-0.05, 0) is 47.0 Å². The van der Waals surface area contributed by atoms with Crippen molar-refractivity contribution in [3.8, 4) is 0 Å². The number of nitrogens with two attached hydrogens (primary N) is 1. The van der Waals surface area contributed by atoms with Gasteiger partial charge in [-0.15, -0.1) is 0 Å². The van der Waals surface area contributed by atoms with Gasteiger partial charge in [0.25, 0.3) is 0 Å². The van der Waals surface area contributed by atoms with E-state index in [9.17, 15) is 0 Å². The summed E-state index contributed by atoms with van der Waals surface area (Å²) in [5.41, 5.74) is 7.97. The summed E-state index contributed by atoms with van der Waals surface area (Å²) in [5.74, 6) is 0.398. The van der Waals surface area contributed by atoms with Crippen molar-refractivity contribution < 1.29 is 0 Å². The second-order valence-corrected chi connectivity index (χ2v) is 5.99. The number of nitrogens with zero attached hydrogens (tertiary/aromatic N) is 1. The molecule has 0 saturated heterocycles. The molecule has 0 radical (unpaired) electrons. The van der Waals surface area contributed by atoms with E-state index in [0.29, 0.717) is 22.5 Å². The van der Waals surface area contributed by atoms with Gasteiger partial charge in [0.15, 0.2) is 5.96 Å². The van der Waals surface area contributed by atoms with Crippen LogP contribution in [-0.4, -0.2) is 5.96 Å². The fraction of sp³-hybridized carbons (Fsp3) is 0.214. The van der Waals surface area contributed by atoms with E-state index in [1.54, 1.807) is 23.5 Å². The van der Waals surface area contributed by atoms with Crippen molar-refractivity contribution in [1.29, 1.82) is 0 Å². The van der Waals surface area contributed by atoms with Crippen molar-refractivity contribution >= 4 is 40.5 Å². The highest BCUT2D eigenvalue weighted by molar-refractivity contribution is 7.07. The Kier molecular flexibility index (Phi) is 5.29. The molecule has 0 spiro atoms. The van der Waals surface area contributed by atoms with Crippen LogP contribution in [0.1, 0.15) is 24.1 Å². The summed E-state index contributed by atoms with van der Waals surface area (Å²) in [6.45, 7) is 2.55. The maximum atomic E-state index is 6.16. The molecule has 1 aromatic heterocycles. The van der Waals surface area contributed by atoms with Crippen LogP contribution in [0.3, 0.4) is 0 Å². The number of aliphatic imine (C=N–C) groups is 1. The summed E-state index contributed by atoms with van der Waals surface area (Å²) < 4.78 is 0. The van der Waals surface area contributed by atoms with Crippen molar-refractivity contribution in [3.05, 3.63) is 56.2 Å². The molecular formula is C14H15Cl2N3S. The molecule has 3 N–H and O–H groups in total. The number of benzene rings is 1. The molecule has 0 fully saturated rings. The number of guanidine groups is 1. The monoisotopic (exact) mass is 327 g/mol. The third-order valence-electron chi connectivity index (χ3n) is 2.81. The molecule has 2 rings (SSSR count). The van der Waals surface area contributed by atoms with E-state index in [0.717, 1.165) is 11.1 Å². The van der Waals surface area contributed by atoms with E-state index >= 15 is 0 Å². The van der Waals surface area contributed by atoms with E-state index in [1.165, 1.54) is 0 Å². The summed E-state index contributed by atoms with van der Waals surface area (Å²) in [4.78, 5) is 4.30. The quantitative estimate of drug-likeness (QED) is 0.652. The number of hydrogen-bond donors (Lipinski definition) is 2. The first-order valence-corrected chi connectivity index (χ1v) is 7.78. The van der Waals surface area contributed by atoms with Gasteiger partial charge in [-0.2, -0.15) is 11.3 Å². The molecule has 3 nitrogen and oxygen atoms in total. The molecule has 0 saturated carbocycles. The lowest BCUT2D eigenvalue weighted by Gasteiger charge is -2.16. The molecule has 106 valence electrons. The van der Waals surface area contributed by atoms with Crippen LogP contribution >= 0.6 is 34.5 Å². The molecule has 0 aliphatic carbocycles. The maximum absolute atomic E-state index is 6.16. The molecule has 1 unspecified atom stereocenters. The van der Waals surface area contributed by atoms with Crippen LogP contribution in [0.2, 0.25) is 10.0 Å². The van der Waals surface area contributed by atoms with Gasteiger partial charge in [-0.3, -0.25) is 0 Å². The van der Waals surface area contributed by atoms with Crippen LogP contribution in [0.5, 0.6) is 0 Å². The minimum atomic E-state index is -0.0361. The Hall–Kier alpha value is -1.23. The topological polar surface area (TPSA) is 50.4 Å². The van der Waals surface area contributed by atoms with Gasteiger partial charge in [0, 0.05) is 10.0 Å². The van der Waals surface area contributed by atoms with Crippen LogP contribution < -0.4 is 11.1 Å². The lowest BCUT2D eigenvalue weighted by Crippen LogP contribution is -2.33. The highest BCUT2D eigenvalue weighted by Crippen LogP contribution is 2.25. The van der Waals surface area contributed by atoms with Crippen molar-refractivity contribution in [2.24, 2.45) is 10.7 Å². The second-order valence-electron chi connectivity index (χ2n) is 4.36. The highest BCUT2D eigenvalue weighted by atomic mass is 35.5. The maximum Gasteiger partial charge on any atom is 0.189 e. The summed E-state index contributed by atoms with van der Waals surface area (Å²) in [7, 11) is 0. The summed E-state index contributed by atoms with van der Waals surface area (Å²) in [5, 5.41) is 8.42. The van der Waals surface area contributed by atoms with Gasteiger partial charge >= 0.3 is 0 Å². The largest absolute Gasteiger partial charge is 0.370 e. The minimum absolute atomic E-state index is 0.0361. The standard InChI is InChI=1S/C14H15Cl2N3S/c1-9(12-3-2-11(15)6-13(12)16)19-14(17)18-7-10-4-5-20-8-10/h2-6,8-9H,7H2,1H3,(H3,17,18,19). The zero-order chi connectivity index (χ0) is 14.5. The molecule has 6 heteroatoms. The van der Waals surface area contributed by atoms with E-state index in [2.05, 4.69) is 15.7 Å². The third-order valence-corrected chi connectivity index (χ3v) is 4.10. The number of hydrogen-bond acceptors (Lipinski definition) is 2. The van der Waals surface area contributed by atoms with E-state index in [1.807, 2.05) is 24.4 Å². The fourth-order valence-electron chi connectivity index (χ4n) is 1.76. The van der Waals surface area contributed by atoms with E-state index < -0.39 is 0 Å². The average Bonchev–Trinajstić information content (AvgIpc) is 2.89. The molecule has 0 bridgehead atoms. The zero-order valence-corrected chi connectivity index (χ0v) is 13.3. The number of rotatable bonds is 4. The Morgan fingerprint density at radius 2 is 2.20 bits per heavy atom. The molecule has 0 aliphatic rings. The normalized spacial score (nSPS) is 13.2. The molecular weight excluding hydrogens is 313 g/mol. The Labute approximate surface area is 132 Å². The van der Waals surface area contributed by atoms with Crippen molar-refractivity contribution in [2.75, 3.05) is 0 Å². The molecule has 0 amide bonds. The van der Waals surface area contributed by atoms with Gasteiger partial charge in [0.05, 0.1) is 12.6 Å². The Morgan fingerprint density at radius 1 is 1.40 bits per heavy atom. The van der Waals surface area contributed by atoms with Crippen molar-refractivity contribution in [1.82, 2.24) is 5.32 Å². The van der Waals surface area contributed by atoms with Gasteiger partial charge in [-0.1, -0.05) is 29.3 Å². The van der Waals surface area contributed by atoms with Crippen molar-refractivity contribution in [2.45, 2.75) is 19.5 Å². The predicted octanol–water partition coefficient (Wildman–Crippen LogP) is 4.22. The molecule has 1 heterocycles. The fourth-order valence-corrected chi connectivity index (χ4v) is 2.99. The molecule has 1 aromatic carbocycles. The lowest BCUT2D eigenvalue weighted by molar-refractivity contribution is 0.708. The second kappa shape index (κ2) is 6.97. The van der Waals surface area contributed by atoms with Crippen molar-refractivity contribution in [3.63, 3.8) is 0 Å². The van der Waals surface area contributed by atoms with Crippen LogP contribution in [0.15, 0.2) is 40.0 Å². The van der Waals surface area contributed by atoms with Gasteiger partial charge in [0.2, 0.25) is 0 Å². The average molecular weight is 328 g/mol. The van der Waals surface area contributed by atoms with E-state index in [4.69, 9.17) is 28.9 Å². The summed E-state index contributed by atoms with van der Waals surface area (Å²) in [6.07, 6.45) is 0. The highest BCUT2D eigenvalue weighted by Gasteiger charge is 2.10. The number of nitrogens with one attached hydrogen (secondary N) is 1. The van der Waals surface area contributed by atoms with E-state index in [-0.39, 0.29) is 6.04 Å². The Balaban J connectivity index is 1.99. The van der Waals surface area contributed by atoms with Crippen LogP contribution in [0, 0.1) is 0 Å². The molecule has 20 heavy (non-hydrogen) atoms. The van der Waals surface area contributed by atoms with Crippen LogP contribution in [0.4, 0.5) is 0 Å². The first-order chi connectivity index (χ1) is 9.56. The van der Waals surface area contributed by atoms with Crippen LogP contribution in [-0.2, 0) is 6.54 Å². The van der Waals surface area contributed by atoms with Gasteiger partial charge < -0.3 is 11.1 Å². The number of thiophene rings is 1. The third kappa shape index (κ3) is 4.13. The Bertz CT molecular complexity index is 596. The Morgan fingerprint density at radius 3 is 2.85 bits per heavy atom. The zero-order valence-electron chi connectivity index (χ0n) is 10.9.